The first-order chi connectivity index (χ1) is 10.1. The molecule has 0 aliphatic heterocycles. The van der Waals surface area contributed by atoms with Gasteiger partial charge >= 0.3 is 0 Å². The normalized spacial score (nSPS) is 10.8. The van der Waals surface area contributed by atoms with Crippen molar-refractivity contribution in [3.8, 4) is 17.2 Å². The van der Waals surface area contributed by atoms with Crippen LogP contribution in [0.15, 0.2) is 47.0 Å². The van der Waals surface area contributed by atoms with Crippen LogP contribution in [0.4, 0.5) is 4.39 Å². The summed E-state index contributed by atoms with van der Waals surface area (Å²) in [6, 6.07) is 10.9. The molecule has 0 spiro atoms. The average Bonchev–Trinajstić information content (AvgIpc) is 2.92. The monoisotopic (exact) mass is 304 g/mol. The predicted octanol–water partition coefficient (Wildman–Crippen LogP) is 3.83. The van der Waals surface area contributed by atoms with Crippen molar-refractivity contribution in [3.63, 3.8) is 0 Å². The lowest BCUT2D eigenvalue weighted by atomic mass is 10.1. The highest BCUT2D eigenvalue weighted by molar-refractivity contribution is 6.30. The van der Waals surface area contributed by atoms with Crippen LogP contribution in [0.25, 0.3) is 11.5 Å². The maximum Gasteiger partial charge on any atom is 0.261 e. The molecule has 0 bridgehead atoms. The van der Waals surface area contributed by atoms with Gasteiger partial charge in [0.25, 0.3) is 5.89 Å². The topological polar surface area (TPSA) is 59.2 Å². The number of hydrogen-bond acceptors (Lipinski definition) is 4. The first-order valence-electron chi connectivity index (χ1n) is 6.18. The van der Waals surface area contributed by atoms with Gasteiger partial charge in [0, 0.05) is 11.4 Å². The second kappa shape index (κ2) is 5.54. The van der Waals surface area contributed by atoms with Crippen molar-refractivity contribution in [1.82, 2.24) is 10.1 Å². The van der Waals surface area contributed by atoms with Crippen molar-refractivity contribution in [2.24, 2.45) is 0 Å². The summed E-state index contributed by atoms with van der Waals surface area (Å²) in [6.07, 6.45) is 0.206. The Morgan fingerprint density at radius 2 is 2.00 bits per heavy atom. The van der Waals surface area contributed by atoms with E-state index < -0.39 is 0 Å². The van der Waals surface area contributed by atoms with Crippen molar-refractivity contribution in [2.45, 2.75) is 6.42 Å². The summed E-state index contributed by atoms with van der Waals surface area (Å²) in [6.45, 7) is 0. The van der Waals surface area contributed by atoms with E-state index in [0.717, 1.165) is 0 Å². The molecule has 0 atom stereocenters. The van der Waals surface area contributed by atoms with E-state index in [1.807, 2.05) is 0 Å². The minimum absolute atomic E-state index is 0.0134. The fraction of sp³-hybridized carbons (Fsp3) is 0.0667. The molecule has 1 N–H and O–H groups in total. The minimum atomic E-state index is -0.325. The molecular formula is C15H10ClFN2O2. The zero-order chi connectivity index (χ0) is 14.8. The van der Waals surface area contributed by atoms with Gasteiger partial charge in [0.1, 0.15) is 11.6 Å². The standard InChI is InChI=1S/C15H10ClFN2O2/c16-10-5-6-13(20)11(8-10)15-18-14(19-21-15)7-9-3-1-2-4-12(9)17/h1-6,8,20H,7H2. The van der Waals surface area contributed by atoms with Gasteiger partial charge in [-0.25, -0.2) is 4.39 Å². The quantitative estimate of drug-likeness (QED) is 0.799. The zero-order valence-corrected chi connectivity index (χ0v) is 11.5. The lowest BCUT2D eigenvalue weighted by Gasteiger charge is -1.99. The molecule has 6 heteroatoms. The van der Waals surface area contributed by atoms with E-state index in [-0.39, 0.29) is 23.9 Å². The molecule has 0 amide bonds. The van der Waals surface area contributed by atoms with E-state index in [9.17, 15) is 9.50 Å². The number of benzene rings is 2. The Bertz CT molecular complexity index is 789. The third-order valence-corrected chi connectivity index (χ3v) is 3.20. The lowest BCUT2D eigenvalue weighted by molar-refractivity contribution is 0.418. The summed E-state index contributed by atoms with van der Waals surface area (Å²) in [7, 11) is 0. The third kappa shape index (κ3) is 2.87. The van der Waals surface area contributed by atoms with Gasteiger partial charge in [-0.2, -0.15) is 4.98 Å². The van der Waals surface area contributed by atoms with Gasteiger partial charge in [-0.15, -0.1) is 0 Å². The van der Waals surface area contributed by atoms with Gasteiger partial charge in [-0.3, -0.25) is 0 Å². The van der Waals surface area contributed by atoms with E-state index >= 15 is 0 Å². The van der Waals surface area contributed by atoms with Crippen LogP contribution in [0.3, 0.4) is 0 Å². The number of rotatable bonds is 3. The Morgan fingerprint density at radius 3 is 2.81 bits per heavy atom. The van der Waals surface area contributed by atoms with Crippen LogP contribution >= 0.6 is 11.6 Å². The maximum absolute atomic E-state index is 13.6. The highest BCUT2D eigenvalue weighted by Crippen LogP contribution is 2.30. The number of nitrogens with zero attached hydrogens (tertiary/aromatic N) is 2. The van der Waals surface area contributed by atoms with Crippen LogP contribution < -0.4 is 0 Å². The number of phenols is 1. The Morgan fingerprint density at radius 1 is 1.19 bits per heavy atom. The largest absolute Gasteiger partial charge is 0.507 e. The van der Waals surface area contributed by atoms with Gasteiger partial charge in [-0.1, -0.05) is 35.0 Å². The summed E-state index contributed by atoms with van der Waals surface area (Å²) in [5.41, 5.74) is 0.815. The number of aromatic nitrogens is 2. The van der Waals surface area contributed by atoms with Crippen molar-refractivity contribution in [1.29, 1.82) is 0 Å². The molecule has 0 saturated heterocycles. The molecule has 0 aliphatic carbocycles. The molecule has 0 radical (unpaired) electrons. The molecule has 1 aromatic heterocycles. The highest BCUT2D eigenvalue weighted by Gasteiger charge is 2.14. The Balaban J connectivity index is 1.90. The van der Waals surface area contributed by atoms with Crippen LogP contribution in [0.5, 0.6) is 5.75 Å². The molecule has 3 rings (SSSR count). The third-order valence-electron chi connectivity index (χ3n) is 2.96. The maximum atomic E-state index is 13.6. The molecule has 0 aliphatic rings. The summed E-state index contributed by atoms with van der Waals surface area (Å²) >= 11 is 5.87. The molecule has 106 valence electrons. The van der Waals surface area contributed by atoms with Crippen LogP contribution in [-0.4, -0.2) is 15.2 Å². The fourth-order valence-corrected chi connectivity index (χ4v) is 2.10. The molecule has 4 nitrogen and oxygen atoms in total. The van der Waals surface area contributed by atoms with Gasteiger partial charge in [-0.05, 0) is 29.8 Å². The van der Waals surface area contributed by atoms with Gasteiger partial charge in [0.05, 0.1) is 5.56 Å². The summed E-state index contributed by atoms with van der Waals surface area (Å²) < 4.78 is 18.7. The zero-order valence-electron chi connectivity index (χ0n) is 10.8. The minimum Gasteiger partial charge on any atom is -0.507 e. The summed E-state index contributed by atoms with van der Waals surface area (Å²) in [5.74, 6) is 0.130. The number of hydrogen-bond donors (Lipinski definition) is 1. The van der Waals surface area contributed by atoms with Crippen LogP contribution in [0.2, 0.25) is 5.02 Å². The van der Waals surface area contributed by atoms with Crippen molar-refractivity contribution in [3.05, 3.63) is 64.7 Å². The van der Waals surface area contributed by atoms with Gasteiger partial charge in [0.2, 0.25) is 0 Å². The van der Waals surface area contributed by atoms with Crippen LogP contribution in [-0.2, 0) is 6.42 Å². The number of aromatic hydroxyl groups is 1. The predicted molar refractivity (Wildman–Crippen MR) is 75.6 cm³/mol. The molecule has 3 aromatic rings. The smallest absolute Gasteiger partial charge is 0.261 e. The van der Waals surface area contributed by atoms with Crippen molar-refractivity contribution >= 4 is 11.6 Å². The van der Waals surface area contributed by atoms with Crippen LogP contribution in [0, 0.1) is 5.82 Å². The van der Waals surface area contributed by atoms with Gasteiger partial charge in [0.15, 0.2) is 5.82 Å². The first-order valence-corrected chi connectivity index (χ1v) is 6.56. The van der Waals surface area contributed by atoms with E-state index in [0.29, 0.717) is 22.0 Å². The average molecular weight is 305 g/mol. The van der Waals surface area contributed by atoms with E-state index in [1.165, 1.54) is 18.2 Å². The molecule has 21 heavy (non-hydrogen) atoms. The second-order valence-corrected chi connectivity index (χ2v) is 4.88. The lowest BCUT2D eigenvalue weighted by Crippen LogP contribution is -1.94. The van der Waals surface area contributed by atoms with Crippen LogP contribution in [0.1, 0.15) is 11.4 Å². The van der Waals surface area contributed by atoms with E-state index in [2.05, 4.69) is 10.1 Å². The second-order valence-electron chi connectivity index (χ2n) is 4.45. The first kappa shape index (κ1) is 13.6. The molecule has 0 saturated carbocycles. The molecule has 0 unspecified atom stereocenters. The van der Waals surface area contributed by atoms with Crippen molar-refractivity contribution < 1.29 is 14.0 Å². The fourth-order valence-electron chi connectivity index (χ4n) is 1.93. The summed E-state index contributed by atoms with van der Waals surface area (Å²) in [5, 5.41) is 14.0. The number of halogens is 2. The Kier molecular flexibility index (Phi) is 3.58. The van der Waals surface area contributed by atoms with E-state index in [1.54, 1.807) is 24.3 Å². The Hall–Kier alpha value is -2.40. The molecule has 2 aromatic carbocycles. The van der Waals surface area contributed by atoms with Crippen molar-refractivity contribution in [2.75, 3.05) is 0 Å². The number of phenolic OH excluding ortho intramolecular Hbond substituents is 1. The van der Waals surface area contributed by atoms with Gasteiger partial charge < -0.3 is 9.63 Å². The van der Waals surface area contributed by atoms with E-state index in [4.69, 9.17) is 16.1 Å². The molecule has 1 heterocycles. The SMILES string of the molecule is Oc1ccc(Cl)cc1-c1nc(Cc2ccccc2F)no1. The highest BCUT2D eigenvalue weighted by atomic mass is 35.5. The molecular weight excluding hydrogens is 295 g/mol. The molecule has 0 fully saturated rings. The Labute approximate surface area is 124 Å². The summed E-state index contributed by atoms with van der Waals surface area (Å²) in [4.78, 5) is 4.16.